The zero-order valence-electron chi connectivity index (χ0n) is 19.3. The van der Waals surface area contributed by atoms with E-state index in [4.69, 9.17) is 9.47 Å². The molecular weight excluding hydrogens is 529 g/mol. The maximum atomic E-state index is 15.0. The van der Waals surface area contributed by atoms with Gasteiger partial charge in [0.15, 0.2) is 12.3 Å². The molecule has 0 bridgehead atoms. The van der Waals surface area contributed by atoms with Gasteiger partial charge >= 0.3 is 11.9 Å². The highest BCUT2D eigenvalue weighted by Crippen LogP contribution is 2.22. The second kappa shape index (κ2) is 11.8. The summed E-state index contributed by atoms with van der Waals surface area (Å²) in [5.74, 6) is -1.30. The Kier molecular flexibility index (Phi) is 8.28. The summed E-state index contributed by atoms with van der Waals surface area (Å²) in [6.45, 7) is -0.247. The van der Waals surface area contributed by atoms with Crippen LogP contribution in [0, 0.1) is 0 Å². The zero-order chi connectivity index (χ0) is 25.5. The predicted octanol–water partition coefficient (Wildman–Crippen LogP) is 6.11. The van der Waals surface area contributed by atoms with E-state index in [1.54, 1.807) is 30.3 Å². The Morgan fingerprint density at radius 3 is 1.94 bits per heavy atom. The first kappa shape index (κ1) is 25.3. The first-order valence-corrected chi connectivity index (χ1v) is 12.1. The highest BCUT2D eigenvalue weighted by atomic mass is 79.9. The van der Waals surface area contributed by atoms with Crippen LogP contribution in [0.25, 0.3) is 21.5 Å². The lowest BCUT2D eigenvalue weighted by Gasteiger charge is -2.24. The SMILES string of the molecule is CON=CC(F)C(OC(=O)c1ccc2ccccc2c1)C(Br)COC(=O)c1ccc2ccccc2c1. The molecule has 36 heavy (non-hydrogen) atoms. The van der Waals surface area contributed by atoms with Gasteiger partial charge in [-0.3, -0.25) is 0 Å². The largest absolute Gasteiger partial charge is 0.461 e. The van der Waals surface area contributed by atoms with Crippen molar-refractivity contribution in [3.8, 4) is 0 Å². The minimum absolute atomic E-state index is 0.247. The number of alkyl halides is 2. The first-order valence-electron chi connectivity index (χ1n) is 11.2. The predicted molar refractivity (Wildman–Crippen MR) is 140 cm³/mol. The molecule has 0 saturated heterocycles. The third-order valence-electron chi connectivity index (χ3n) is 5.57. The highest BCUT2D eigenvalue weighted by molar-refractivity contribution is 9.09. The lowest BCUT2D eigenvalue weighted by molar-refractivity contribution is 0.00848. The molecule has 6 nitrogen and oxygen atoms in total. The van der Waals surface area contributed by atoms with E-state index in [0.29, 0.717) is 5.56 Å². The second-order valence-electron chi connectivity index (χ2n) is 7.99. The van der Waals surface area contributed by atoms with Crippen LogP contribution in [0.3, 0.4) is 0 Å². The molecule has 4 aromatic rings. The Labute approximate surface area is 215 Å². The van der Waals surface area contributed by atoms with Gasteiger partial charge in [-0.15, -0.1) is 0 Å². The molecule has 0 N–H and O–H groups in total. The summed E-state index contributed by atoms with van der Waals surface area (Å²) >= 11 is 3.32. The molecule has 3 unspecified atom stereocenters. The molecular formula is C28H23BrFNO5. The van der Waals surface area contributed by atoms with Crippen LogP contribution in [0.5, 0.6) is 0 Å². The number of rotatable bonds is 9. The normalized spacial score (nSPS) is 13.9. The van der Waals surface area contributed by atoms with Crippen molar-refractivity contribution in [3.05, 3.63) is 96.1 Å². The smallest absolute Gasteiger partial charge is 0.338 e. The fourth-order valence-corrected chi connectivity index (χ4v) is 4.23. The van der Waals surface area contributed by atoms with Gasteiger partial charge in [0, 0.05) is 0 Å². The minimum atomic E-state index is -1.82. The lowest BCUT2D eigenvalue weighted by atomic mass is 10.1. The summed E-state index contributed by atoms with van der Waals surface area (Å²) in [6, 6.07) is 25.5. The molecule has 0 heterocycles. The van der Waals surface area contributed by atoms with E-state index in [-0.39, 0.29) is 12.2 Å². The van der Waals surface area contributed by atoms with Crippen molar-refractivity contribution in [1.82, 2.24) is 0 Å². The Morgan fingerprint density at radius 1 is 0.861 bits per heavy atom. The third-order valence-corrected chi connectivity index (χ3v) is 6.35. The van der Waals surface area contributed by atoms with E-state index >= 15 is 0 Å². The quantitative estimate of drug-likeness (QED) is 0.108. The number of halogens is 2. The van der Waals surface area contributed by atoms with Crippen LogP contribution in [0.15, 0.2) is 90.1 Å². The fourth-order valence-electron chi connectivity index (χ4n) is 3.70. The Balaban J connectivity index is 1.47. The summed E-state index contributed by atoms with van der Waals surface area (Å²) in [7, 11) is 1.27. The molecule has 8 heteroatoms. The average molecular weight is 552 g/mol. The average Bonchev–Trinajstić information content (AvgIpc) is 2.92. The molecule has 184 valence electrons. The number of hydrogen-bond donors (Lipinski definition) is 0. The van der Waals surface area contributed by atoms with E-state index in [1.807, 2.05) is 54.6 Å². The summed E-state index contributed by atoms with van der Waals surface area (Å²) < 4.78 is 25.9. The Bertz CT molecular complexity index is 1410. The fraction of sp³-hybridized carbons (Fsp3) is 0.179. The number of hydrogen-bond acceptors (Lipinski definition) is 6. The minimum Gasteiger partial charge on any atom is -0.461 e. The van der Waals surface area contributed by atoms with Crippen molar-refractivity contribution in [3.63, 3.8) is 0 Å². The first-order chi connectivity index (χ1) is 17.5. The van der Waals surface area contributed by atoms with Crippen LogP contribution in [-0.4, -0.2) is 49.0 Å². The van der Waals surface area contributed by atoms with Gasteiger partial charge in [-0.05, 0) is 45.8 Å². The van der Waals surface area contributed by atoms with Crippen LogP contribution in [0.1, 0.15) is 20.7 Å². The Morgan fingerprint density at radius 2 is 1.39 bits per heavy atom. The number of ether oxygens (including phenoxy) is 2. The van der Waals surface area contributed by atoms with E-state index in [9.17, 15) is 14.0 Å². The number of benzene rings is 4. The maximum absolute atomic E-state index is 15.0. The van der Waals surface area contributed by atoms with Crippen molar-refractivity contribution in [2.75, 3.05) is 13.7 Å². The number of carbonyl (C=O) groups is 2. The number of nitrogens with zero attached hydrogens (tertiary/aromatic N) is 1. The molecule has 4 rings (SSSR count). The van der Waals surface area contributed by atoms with E-state index < -0.39 is 29.0 Å². The maximum Gasteiger partial charge on any atom is 0.338 e. The van der Waals surface area contributed by atoms with E-state index in [0.717, 1.165) is 27.8 Å². The molecule has 0 aliphatic carbocycles. The monoisotopic (exact) mass is 551 g/mol. The van der Waals surface area contributed by atoms with Gasteiger partial charge < -0.3 is 14.3 Å². The van der Waals surface area contributed by atoms with Gasteiger partial charge in [0.25, 0.3) is 0 Å². The summed E-state index contributed by atoms with van der Waals surface area (Å²) in [5, 5.41) is 7.14. The van der Waals surface area contributed by atoms with Crippen LogP contribution >= 0.6 is 15.9 Å². The van der Waals surface area contributed by atoms with Crippen LogP contribution < -0.4 is 0 Å². The lowest BCUT2D eigenvalue weighted by Crippen LogP contribution is -2.39. The molecule has 0 amide bonds. The molecule has 0 aromatic heterocycles. The number of fused-ring (bicyclic) bond motifs is 2. The van der Waals surface area contributed by atoms with Gasteiger partial charge in [-0.25, -0.2) is 14.0 Å². The van der Waals surface area contributed by atoms with E-state index in [2.05, 4.69) is 25.9 Å². The van der Waals surface area contributed by atoms with Gasteiger partial charge in [-0.2, -0.15) is 0 Å². The second-order valence-corrected chi connectivity index (χ2v) is 9.17. The molecule has 0 aliphatic rings. The standard InChI is InChI=1S/C28H23BrFNO5/c1-34-31-16-25(30)26(36-28(33)23-13-11-19-7-3-5-9-21(19)15-23)24(29)17-35-27(32)22-12-10-18-6-2-4-8-20(18)14-22/h2-16,24-26H,17H2,1H3. The van der Waals surface area contributed by atoms with Crippen molar-refractivity contribution < 1.29 is 28.3 Å². The summed E-state index contributed by atoms with van der Waals surface area (Å²) in [5.41, 5.74) is 0.623. The molecule has 0 spiro atoms. The van der Waals surface area contributed by atoms with Crippen LogP contribution in [-0.2, 0) is 14.3 Å². The molecule has 4 aromatic carbocycles. The topological polar surface area (TPSA) is 74.2 Å². The van der Waals surface area contributed by atoms with Gasteiger partial charge in [0.2, 0.25) is 0 Å². The van der Waals surface area contributed by atoms with Crippen LogP contribution in [0.2, 0.25) is 0 Å². The van der Waals surface area contributed by atoms with Crippen LogP contribution in [0.4, 0.5) is 4.39 Å². The third kappa shape index (κ3) is 6.07. The van der Waals surface area contributed by atoms with Gasteiger partial charge in [-0.1, -0.05) is 81.7 Å². The van der Waals surface area contributed by atoms with Crippen molar-refractivity contribution >= 4 is 55.6 Å². The van der Waals surface area contributed by atoms with Crippen molar-refractivity contribution in [1.29, 1.82) is 0 Å². The van der Waals surface area contributed by atoms with Crippen molar-refractivity contribution in [2.45, 2.75) is 17.1 Å². The zero-order valence-corrected chi connectivity index (χ0v) is 20.9. The molecule has 0 saturated carbocycles. The number of carbonyl (C=O) groups excluding carboxylic acids is 2. The highest BCUT2D eigenvalue weighted by Gasteiger charge is 2.33. The summed E-state index contributed by atoms with van der Waals surface area (Å²) in [6.07, 6.45) is -2.28. The number of oxime groups is 1. The summed E-state index contributed by atoms with van der Waals surface area (Å²) in [4.78, 5) is 29.2. The molecule has 0 radical (unpaired) electrons. The Hall–Kier alpha value is -3.78. The molecule has 3 atom stereocenters. The molecule has 0 fully saturated rings. The van der Waals surface area contributed by atoms with Crippen molar-refractivity contribution in [2.24, 2.45) is 5.16 Å². The van der Waals surface area contributed by atoms with Gasteiger partial charge in [0.05, 0.1) is 22.2 Å². The van der Waals surface area contributed by atoms with Gasteiger partial charge in [0.1, 0.15) is 13.7 Å². The van der Waals surface area contributed by atoms with E-state index in [1.165, 1.54) is 7.11 Å². The number of esters is 2. The molecule has 0 aliphatic heterocycles.